The summed E-state index contributed by atoms with van der Waals surface area (Å²) in [6.45, 7) is 3.84. The molecule has 2 aromatic heterocycles. The molecule has 190 valence electrons. The molecule has 1 aromatic carbocycles. The fourth-order valence-corrected chi connectivity index (χ4v) is 5.61. The van der Waals surface area contributed by atoms with E-state index in [0.717, 1.165) is 12.3 Å². The SMILES string of the molecule is CC1(C)CCC(C(=O)NCc2cc(-c3ccc(C(F)(F)F)nc3)ncn2)N1S(=O)c1ccc(F)cc1. The Bertz CT molecular complexity index is 1270. The van der Waals surface area contributed by atoms with Crippen LogP contribution < -0.4 is 5.32 Å². The first-order valence-corrected chi connectivity index (χ1v) is 12.2. The number of pyridine rings is 1. The van der Waals surface area contributed by atoms with Crippen molar-refractivity contribution in [3.63, 3.8) is 0 Å². The number of benzene rings is 1. The lowest BCUT2D eigenvalue weighted by molar-refractivity contribution is -0.141. The summed E-state index contributed by atoms with van der Waals surface area (Å²) in [7, 11) is -1.68. The topological polar surface area (TPSA) is 88.1 Å². The van der Waals surface area contributed by atoms with Gasteiger partial charge >= 0.3 is 6.18 Å². The lowest BCUT2D eigenvalue weighted by Gasteiger charge is -2.33. The number of amides is 1. The summed E-state index contributed by atoms with van der Waals surface area (Å²) in [6.07, 6.45) is -1.09. The van der Waals surface area contributed by atoms with Crippen molar-refractivity contribution in [3.05, 3.63) is 72.2 Å². The van der Waals surface area contributed by atoms with Crippen LogP contribution in [0.2, 0.25) is 0 Å². The molecule has 0 bridgehead atoms. The zero-order chi connectivity index (χ0) is 26.1. The third-order valence-electron chi connectivity index (χ3n) is 5.92. The van der Waals surface area contributed by atoms with Gasteiger partial charge in [0.25, 0.3) is 0 Å². The van der Waals surface area contributed by atoms with Crippen molar-refractivity contribution in [1.82, 2.24) is 24.6 Å². The second-order valence-corrected chi connectivity index (χ2v) is 10.3. The number of hydrogen-bond donors (Lipinski definition) is 1. The lowest BCUT2D eigenvalue weighted by Crippen LogP contribution is -2.50. The summed E-state index contributed by atoms with van der Waals surface area (Å²) in [6, 6.07) is 8.35. The Labute approximate surface area is 207 Å². The van der Waals surface area contributed by atoms with Crippen LogP contribution in [0.25, 0.3) is 11.3 Å². The number of halogens is 4. The van der Waals surface area contributed by atoms with Crippen molar-refractivity contribution in [1.29, 1.82) is 0 Å². The highest BCUT2D eigenvalue weighted by molar-refractivity contribution is 7.82. The molecule has 0 saturated carbocycles. The molecule has 0 aliphatic carbocycles. The molecule has 2 atom stereocenters. The zero-order valence-corrected chi connectivity index (χ0v) is 20.2. The number of nitrogens with one attached hydrogen (secondary N) is 1. The van der Waals surface area contributed by atoms with Gasteiger partial charge in [-0.05, 0) is 69.2 Å². The van der Waals surface area contributed by atoms with E-state index < -0.39 is 40.3 Å². The molecule has 1 amide bonds. The predicted molar refractivity (Wildman–Crippen MR) is 124 cm³/mol. The van der Waals surface area contributed by atoms with E-state index in [4.69, 9.17) is 0 Å². The Kier molecular flexibility index (Phi) is 7.19. The Morgan fingerprint density at radius 1 is 1.14 bits per heavy atom. The molecule has 4 rings (SSSR count). The summed E-state index contributed by atoms with van der Waals surface area (Å²) in [5.41, 5.74) is -0.363. The molecular weight excluding hydrogens is 498 g/mol. The number of carbonyl (C=O) groups is 1. The minimum absolute atomic E-state index is 0.0381. The van der Waals surface area contributed by atoms with E-state index >= 15 is 0 Å². The van der Waals surface area contributed by atoms with Crippen molar-refractivity contribution in [3.8, 4) is 11.3 Å². The first kappa shape index (κ1) is 25.8. The van der Waals surface area contributed by atoms with Crippen LogP contribution in [-0.4, -0.2) is 41.0 Å². The zero-order valence-electron chi connectivity index (χ0n) is 19.4. The summed E-state index contributed by atoms with van der Waals surface area (Å²) >= 11 is 0. The molecule has 1 N–H and O–H groups in total. The maximum absolute atomic E-state index is 13.3. The van der Waals surface area contributed by atoms with Crippen LogP contribution in [0.1, 0.15) is 38.1 Å². The fraction of sp³-hybridized carbons (Fsp3) is 0.333. The molecule has 12 heteroatoms. The molecule has 1 saturated heterocycles. The quantitative estimate of drug-likeness (QED) is 0.490. The predicted octanol–water partition coefficient (Wildman–Crippen LogP) is 4.28. The first-order chi connectivity index (χ1) is 17.0. The average Bonchev–Trinajstić information content (AvgIpc) is 3.17. The summed E-state index contributed by atoms with van der Waals surface area (Å²) in [4.78, 5) is 25.1. The number of alkyl halides is 3. The minimum atomic E-state index is -4.54. The van der Waals surface area contributed by atoms with Crippen LogP contribution >= 0.6 is 0 Å². The second kappa shape index (κ2) is 10.0. The average molecular weight is 522 g/mol. The highest BCUT2D eigenvalue weighted by atomic mass is 32.2. The Balaban J connectivity index is 1.46. The summed E-state index contributed by atoms with van der Waals surface area (Å²) in [5, 5.41) is 2.80. The summed E-state index contributed by atoms with van der Waals surface area (Å²) < 4.78 is 66.5. The molecule has 3 heterocycles. The first-order valence-electron chi connectivity index (χ1n) is 11.0. The largest absolute Gasteiger partial charge is 0.433 e. The van der Waals surface area contributed by atoms with Gasteiger partial charge in [0.05, 0.1) is 22.8 Å². The molecular formula is C24H23F4N5O2S. The van der Waals surface area contributed by atoms with Gasteiger partial charge < -0.3 is 5.32 Å². The van der Waals surface area contributed by atoms with Crippen molar-refractivity contribution in [2.24, 2.45) is 0 Å². The molecule has 7 nitrogen and oxygen atoms in total. The van der Waals surface area contributed by atoms with Crippen molar-refractivity contribution < 1.29 is 26.6 Å². The maximum atomic E-state index is 13.3. The van der Waals surface area contributed by atoms with Crippen LogP contribution in [-0.2, 0) is 28.5 Å². The van der Waals surface area contributed by atoms with Gasteiger partial charge in [0.2, 0.25) is 5.91 Å². The van der Waals surface area contributed by atoms with Crippen molar-refractivity contribution in [2.45, 2.75) is 55.9 Å². The van der Waals surface area contributed by atoms with Gasteiger partial charge in [0, 0.05) is 17.3 Å². The van der Waals surface area contributed by atoms with Gasteiger partial charge in [0.1, 0.15) is 34.9 Å². The Morgan fingerprint density at radius 3 is 2.50 bits per heavy atom. The van der Waals surface area contributed by atoms with Gasteiger partial charge in [-0.25, -0.2) is 22.9 Å². The van der Waals surface area contributed by atoms with Crippen LogP contribution in [0.5, 0.6) is 0 Å². The number of aromatic nitrogens is 3. The number of hydrogen-bond acceptors (Lipinski definition) is 5. The van der Waals surface area contributed by atoms with Gasteiger partial charge in [0.15, 0.2) is 0 Å². The van der Waals surface area contributed by atoms with Crippen LogP contribution in [0.15, 0.2) is 59.9 Å². The molecule has 2 unspecified atom stereocenters. The van der Waals surface area contributed by atoms with E-state index in [9.17, 15) is 26.6 Å². The van der Waals surface area contributed by atoms with E-state index in [-0.39, 0.29) is 12.5 Å². The highest BCUT2D eigenvalue weighted by Crippen LogP contribution is 2.37. The van der Waals surface area contributed by atoms with Crippen LogP contribution in [0.4, 0.5) is 17.6 Å². The maximum Gasteiger partial charge on any atom is 0.433 e. The van der Waals surface area contributed by atoms with Gasteiger partial charge in [-0.2, -0.15) is 13.2 Å². The Morgan fingerprint density at radius 2 is 1.86 bits per heavy atom. The van der Waals surface area contributed by atoms with E-state index in [1.54, 1.807) is 10.4 Å². The second-order valence-electron chi connectivity index (χ2n) is 8.94. The Hall–Kier alpha value is -3.25. The van der Waals surface area contributed by atoms with Crippen molar-refractivity contribution >= 4 is 16.9 Å². The molecule has 1 aliphatic rings. The van der Waals surface area contributed by atoms with Crippen LogP contribution in [0, 0.1) is 5.82 Å². The van der Waals surface area contributed by atoms with Crippen molar-refractivity contribution in [2.75, 3.05) is 0 Å². The van der Waals surface area contributed by atoms with Crippen LogP contribution in [0.3, 0.4) is 0 Å². The highest BCUT2D eigenvalue weighted by Gasteiger charge is 2.46. The van der Waals surface area contributed by atoms with E-state index in [1.807, 2.05) is 13.8 Å². The molecule has 1 fully saturated rings. The number of carbonyl (C=O) groups excluding carboxylic acids is 1. The molecule has 3 aromatic rings. The van der Waals surface area contributed by atoms with Gasteiger partial charge in [-0.1, -0.05) is 0 Å². The lowest BCUT2D eigenvalue weighted by atomic mass is 10.0. The number of rotatable bonds is 6. The summed E-state index contributed by atoms with van der Waals surface area (Å²) in [5.74, 6) is -0.783. The third-order valence-corrected chi connectivity index (χ3v) is 7.70. The fourth-order valence-electron chi connectivity index (χ4n) is 4.04. The normalized spacial score (nSPS) is 18.7. The third kappa shape index (κ3) is 5.59. The van der Waals surface area contributed by atoms with Gasteiger partial charge in [-0.15, -0.1) is 0 Å². The van der Waals surface area contributed by atoms with E-state index in [2.05, 4.69) is 20.3 Å². The number of nitrogens with zero attached hydrogens (tertiary/aromatic N) is 4. The van der Waals surface area contributed by atoms with E-state index in [1.165, 1.54) is 36.7 Å². The minimum Gasteiger partial charge on any atom is -0.349 e. The van der Waals surface area contributed by atoms with Gasteiger partial charge in [-0.3, -0.25) is 9.78 Å². The monoisotopic (exact) mass is 521 g/mol. The molecule has 0 spiro atoms. The van der Waals surface area contributed by atoms with E-state index in [0.29, 0.717) is 34.7 Å². The molecule has 0 radical (unpaired) electrons. The standard InChI is InChI=1S/C24H23F4N5O2S/c1-23(2)10-9-20(33(23)36(35)18-6-4-16(25)5-7-18)22(34)30-13-17-11-19(32-14-31-17)15-3-8-21(29-12-15)24(26,27)28/h3-8,11-12,14,20H,9-10,13H2,1-2H3,(H,30,34). The molecule has 1 aliphatic heterocycles. The molecule has 36 heavy (non-hydrogen) atoms. The smallest absolute Gasteiger partial charge is 0.349 e.